The van der Waals surface area contributed by atoms with E-state index in [2.05, 4.69) is 35.8 Å². The Labute approximate surface area is 195 Å². The van der Waals surface area contributed by atoms with E-state index in [1.807, 2.05) is 6.92 Å². The van der Waals surface area contributed by atoms with Crippen LogP contribution in [0, 0.1) is 11.6 Å². The van der Waals surface area contributed by atoms with E-state index in [0.717, 1.165) is 44.6 Å². The molecule has 3 rings (SSSR count). The Morgan fingerprint density at radius 2 is 1.88 bits per heavy atom. The minimum absolute atomic E-state index is 0.137. The van der Waals surface area contributed by atoms with Gasteiger partial charge in [0.1, 0.15) is 11.6 Å². The quantitative estimate of drug-likeness (QED) is 0.454. The third-order valence-electron chi connectivity index (χ3n) is 6.45. The summed E-state index contributed by atoms with van der Waals surface area (Å²) in [6.45, 7) is 4.42. The number of rotatable bonds is 11. The molecule has 180 valence electrons. The maximum atomic E-state index is 13.7. The zero-order chi connectivity index (χ0) is 23.8. The number of nitrogens with one attached hydrogen (secondary N) is 2. The second-order valence-corrected chi connectivity index (χ2v) is 9.07. The molecule has 0 heterocycles. The van der Waals surface area contributed by atoms with Crippen LogP contribution in [0.4, 0.5) is 8.78 Å². The van der Waals surface area contributed by atoms with E-state index < -0.39 is 23.8 Å². The molecule has 0 fully saturated rings. The van der Waals surface area contributed by atoms with Gasteiger partial charge in [0.05, 0.1) is 12.1 Å². The molecule has 0 saturated heterocycles. The summed E-state index contributed by atoms with van der Waals surface area (Å²) in [5.74, 6) is -1.49. The monoisotopic (exact) mass is 458 g/mol. The normalized spacial score (nSPS) is 17.3. The van der Waals surface area contributed by atoms with E-state index in [1.165, 1.54) is 28.8 Å². The second kappa shape index (κ2) is 12.2. The summed E-state index contributed by atoms with van der Waals surface area (Å²) in [5, 5.41) is 17.4. The number of carbonyl (C=O) groups is 1. The molecule has 0 aromatic heterocycles. The van der Waals surface area contributed by atoms with Crippen LogP contribution in [0.5, 0.6) is 0 Å². The summed E-state index contributed by atoms with van der Waals surface area (Å²) in [6.07, 6.45) is 5.33. The molecule has 1 aliphatic carbocycles. The number of aliphatic hydroxyl groups excluding tert-OH is 1. The average molecular weight is 459 g/mol. The maximum absolute atomic E-state index is 13.7. The van der Waals surface area contributed by atoms with Crippen LogP contribution >= 0.6 is 0 Å². The zero-order valence-electron chi connectivity index (χ0n) is 19.7. The fourth-order valence-corrected chi connectivity index (χ4v) is 4.57. The number of aliphatic hydroxyl groups is 1. The molecule has 3 atom stereocenters. The SMILES string of the molecule is CCCCC(=O)N[C@@H](Cc1cc(F)cc(F)c1)[C@H](O)CN[C@H]1CCCc2ccc(CC)cc21. The summed E-state index contributed by atoms with van der Waals surface area (Å²) in [7, 11) is 0. The van der Waals surface area contributed by atoms with Gasteiger partial charge in [0, 0.05) is 25.1 Å². The van der Waals surface area contributed by atoms with Crippen molar-refractivity contribution in [2.24, 2.45) is 0 Å². The number of carbonyl (C=O) groups excluding carboxylic acids is 1. The van der Waals surface area contributed by atoms with E-state index in [0.29, 0.717) is 12.0 Å². The molecular formula is C27H36F2N2O2. The molecule has 1 amide bonds. The molecule has 1 aliphatic rings. The predicted octanol–water partition coefficient (Wildman–Crippen LogP) is 4.77. The van der Waals surface area contributed by atoms with Crippen molar-refractivity contribution in [1.82, 2.24) is 10.6 Å². The number of hydrogen-bond donors (Lipinski definition) is 3. The fourth-order valence-electron chi connectivity index (χ4n) is 4.57. The van der Waals surface area contributed by atoms with Crippen LogP contribution in [-0.4, -0.2) is 29.7 Å². The molecule has 0 aliphatic heterocycles. The fraction of sp³-hybridized carbons (Fsp3) is 0.519. The van der Waals surface area contributed by atoms with E-state index in [4.69, 9.17) is 0 Å². The first-order chi connectivity index (χ1) is 15.9. The van der Waals surface area contributed by atoms with Gasteiger partial charge in [-0.25, -0.2) is 8.78 Å². The summed E-state index contributed by atoms with van der Waals surface area (Å²) in [4.78, 5) is 12.4. The van der Waals surface area contributed by atoms with Crippen LogP contribution in [-0.2, 0) is 24.1 Å². The Kier molecular flexibility index (Phi) is 9.39. The smallest absolute Gasteiger partial charge is 0.220 e. The summed E-state index contributed by atoms with van der Waals surface area (Å²) >= 11 is 0. The van der Waals surface area contributed by atoms with Gasteiger partial charge in [-0.15, -0.1) is 0 Å². The van der Waals surface area contributed by atoms with Crippen molar-refractivity contribution < 1.29 is 18.7 Å². The van der Waals surface area contributed by atoms with E-state index in [-0.39, 0.29) is 24.9 Å². The summed E-state index contributed by atoms with van der Waals surface area (Å²) < 4.78 is 27.4. The first kappa shape index (κ1) is 25.3. The Bertz CT molecular complexity index is 914. The Morgan fingerprint density at radius 1 is 1.12 bits per heavy atom. The first-order valence-electron chi connectivity index (χ1n) is 12.2. The van der Waals surface area contributed by atoms with Gasteiger partial charge >= 0.3 is 0 Å². The van der Waals surface area contributed by atoms with Gasteiger partial charge in [0.25, 0.3) is 0 Å². The van der Waals surface area contributed by atoms with Crippen molar-refractivity contribution in [1.29, 1.82) is 0 Å². The van der Waals surface area contributed by atoms with E-state index in [1.54, 1.807) is 0 Å². The van der Waals surface area contributed by atoms with Crippen LogP contribution in [0.1, 0.15) is 74.2 Å². The molecule has 0 saturated carbocycles. The van der Waals surface area contributed by atoms with E-state index >= 15 is 0 Å². The van der Waals surface area contributed by atoms with Gasteiger partial charge in [-0.05, 0) is 72.9 Å². The molecular weight excluding hydrogens is 422 g/mol. The third-order valence-corrected chi connectivity index (χ3v) is 6.45. The number of aryl methyl sites for hydroxylation is 2. The third kappa shape index (κ3) is 7.34. The molecule has 0 bridgehead atoms. The van der Waals surface area contributed by atoms with Crippen LogP contribution in [0.15, 0.2) is 36.4 Å². The summed E-state index contributed by atoms with van der Waals surface area (Å²) in [6, 6.07) is 9.44. The first-order valence-corrected chi connectivity index (χ1v) is 12.2. The lowest BCUT2D eigenvalue weighted by Gasteiger charge is -2.30. The van der Waals surface area contributed by atoms with Gasteiger partial charge < -0.3 is 15.7 Å². The average Bonchev–Trinajstić information content (AvgIpc) is 2.79. The largest absolute Gasteiger partial charge is 0.390 e. The highest BCUT2D eigenvalue weighted by Crippen LogP contribution is 2.30. The van der Waals surface area contributed by atoms with Crippen molar-refractivity contribution in [3.8, 4) is 0 Å². The number of hydrogen-bond acceptors (Lipinski definition) is 3. The minimum atomic E-state index is -0.901. The molecule has 0 radical (unpaired) electrons. The van der Waals surface area contributed by atoms with Gasteiger partial charge in [-0.2, -0.15) is 0 Å². The van der Waals surface area contributed by atoms with Crippen LogP contribution < -0.4 is 10.6 Å². The molecule has 0 unspecified atom stereocenters. The lowest BCUT2D eigenvalue weighted by atomic mass is 9.86. The van der Waals surface area contributed by atoms with Crippen LogP contribution in [0.25, 0.3) is 0 Å². The minimum Gasteiger partial charge on any atom is -0.390 e. The molecule has 2 aromatic carbocycles. The van der Waals surface area contributed by atoms with Crippen molar-refractivity contribution in [2.75, 3.05) is 6.54 Å². The Hall–Kier alpha value is -2.31. The van der Waals surface area contributed by atoms with Crippen molar-refractivity contribution in [2.45, 2.75) is 83.4 Å². The standard InChI is InChI=1S/C27H36F2N2O2/c1-3-5-9-27(33)31-25(15-19-12-21(28)16-22(29)13-19)26(32)17-30-24-8-6-7-20-11-10-18(4-2)14-23(20)24/h10-14,16,24-26,30,32H,3-9,15,17H2,1-2H3,(H,31,33)/t24-,25-,26+/m0/s1. The zero-order valence-corrected chi connectivity index (χ0v) is 19.7. The molecule has 33 heavy (non-hydrogen) atoms. The number of unbranched alkanes of at least 4 members (excludes halogenated alkanes) is 1. The van der Waals surface area contributed by atoms with Gasteiger partial charge in [-0.3, -0.25) is 4.79 Å². The van der Waals surface area contributed by atoms with Crippen molar-refractivity contribution in [3.05, 3.63) is 70.3 Å². The summed E-state index contributed by atoms with van der Waals surface area (Å²) in [5.41, 5.74) is 4.31. The molecule has 4 nitrogen and oxygen atoms in total. The molecule has 2 aromatic rings. The number of benzene rings is 2. The van der Waals surface area contributed by atoms with Crippen molar-refractivity contribution >= 4 is 5.91 Å². The van der Waals surface area contributed by atoms with Crippen molar-refractivity contribution in [3.63, 3.8) is 0 Å². The molecule has 6 heteroatoms. The van der Waals surface area contributed by atoms with Gasteiger partial charge in [0.2, 0.25) is 5.91 Å². The lowest BCUT2D eigenvalue weighted by molar-refractivity contribution is -0.122. The topological polar surface area (TPSA) is 61.4 Å². The molecule has 0 spiro atoms. The Morgan fingerprint density at radius 3 is 2.58 bits per heavy atom. The highest BCUT2D eigenvalue weighted by molar-refractivity contribution is 5.76. The highest BCUT2D eigenvalue weighted by Gasteiger charge is 2.25. The van der Waals surface area contributed by atoms with Gasteiger partial charge in [0.15, 0.2) is 0 Å². The predicted molar refractivity (Wildman–Crippen MR) is 127 cm³/mol. The number of amides is 1. The maximum Gasteiger partial charge on any atom is 0.220 e. The second-order valence-electron chi connectivity index (χ2n) is 9.07. The molecule has 3 N–H and O–H groups in total. The lowest BCUT2D eigenvalue weighted by Crippen LogP contribution is -2.49. The highest BCUT2D eigenvalue weighted by atomic mass is 19.1. The Balaban J connectivity index is 1.70. The van der Waals surface area contributed by atoms with Gasteiger partial charge in [-0.1, -0.05) is 38.5 Å². The van der Waals surface area contributed by atoms with Crippen LogP contribution in [0.2, 0.25) is 0 Å². The number of halogens is 2. The number of fused-ring (bicyclic) bond motifs is 1. The van der Waals surface area contributed by atoms with E-state index in [9.17, 15) is 18.7 Å². The van der Waals surface area contributed by atoms with Crippen LogP contribution in [0.3, 0.4) is 0 Å².